The maximum absolute atomic E-state index is 12.5. The molecule has 264 valence electrons. The second-order valence-electron chi connectivity index (χ2n) is 11.2. The first-order chi connectivity index (χ1) is 21.6. The van der Waals surface area contributed by atoms with Crippen LogP contribution in [0.3, 0.4) is 0 Å². The molecule has 0 spiro atoms. The summed E-state index contributed by atoms with van der Waals surface area (Å²) in [6.45, 7) is 6.92. The number of anilines is 1. The topological polar surface area (TPSA) is 299 Å². The third kappa shape index (κ3) is 10.8. The number of nitrogens with zero attached hydrogens (tertiary/aromatic N) is 3. The van der Waals surface area contributed by atoms with Gasteiger partial charge in [0, 0.05) is 6.42 Å². The minimum atomic E-state index is -5.81. The number of aromatic amines is 1. The molecule has 1 aliphatic heterocycles. The first-order valence-electron chi connectivity index (χ1n) is 14.1. The minimum Gasteiger partial charge on any atom is -0.387 e. The fourth-order valence-corrected chi connectivity index (χ4v) is 7.83. The van der Waals surface area contributed by atoms with E-state index in [0.29, 0.717) is 12.8 Å². The number of nitrogen functional groups attached to an aromatic ring is 1. The number of aromatic nitrogens is 4. The van der Waals surface area contributed by atoms with Crippen molar-refractivity contribution in [3.63, 3.8) is 0 Å². The second-order valence-corrected chi connectivity index (χ2v) is 15.6. The molecule has 0 aromatic carbocycles. The molecule has 22 heteroatoms. The number of nitrogens with one attached hydrogen (secondary N) is 1. The summed E-state index contributed by atoms with van der Waals surface area (Å²) < 4.78 is 54.2. The van der Waals surface area contributed by atoms with E-state index in [1.807, 2.05) is 27.7 Å². The van der Waals surface area contributed by atoms with Crippen molar-refractivity contribution in [1.82, 2.24) is 19.5 Å². The molecule has 1 saturated heterocycles. The number of allylic oxidation sites excluding steroid dienone is 5. The number of hydrogen-bond donors (Lipinski definition) is 8. The van der Waals surface area contributed by atoms with Crippen molar-refractivity contribution in [3.8, 4) is 0 Å². The number of rotatable bonds is 16. The summed E-state index contributed by atoms with van der Waals surface area (Å²) in [6.07, 6.45) is 4.93. The van der Waals surface area contributed by atoms with Crippen molar-refractivity contribution < 1.29 is 61.4 Å². The van der Waals surface area contributed by atoms with Gasteiger partial charge >= 0.3 is 23.5 Å². The number of phosphoric ester groups is 1. The van der Waals surface area contributed by atoms with Gasteiger partial charge in [0.1, 0.15) is 18.3 Å². The average molecular weight is 728 g/mol. The summed E-state index contributed by atoms with van der Waals surface area (Å²) in [5, 5.41) is 22.3. The van der Waals surface area contributed by atoms with Crippen molar-refractivity contribution >= 4 is 40.6 Å². The van der Waals surface area contributed by atoms with Gasteiger partial charge in [-0.15, -0.1) is 0 Å². The van der Waals surface area contributed by atoms with Crippen molar-refractivity contribution in [3.05, 3.63) is 51.6 Å². The van der Waals surface area contributed by atoms with E-state index in [1.165, 1.54) is 15.7 Å². The van der Waals surface area contributed by atoms with E-state index in [-0.39, 0.29) is 23.5 Å². The first-order valence-corrected chi connectivity index (χ1v) is 18.7. The minimum absolute atomic E-state index is 0.119. The highest BCUT2D eigenvalue weighted by Gasteiger charge is 2.56. The number of aliphatic hydroxyl groups is 2. The lowest BCUT2D eigenvalue weighted by atomic mass is 9.97. The van der Waals surface area contributed by atoms with E-state index in [4.69, 9.17) is 20.3 Å². The van der Waals surface area contributed by atoms with E-state index >= 15 is 0 Å². The van der Waals surface area contributed by atoms with Crippen LogP contribution in [0.25, 0.3) is 11.2 Å². The Hall–Kier alpha value is -2.34. The number of fused-ring (bicyclic) bond motifs is 1. The van der Waals surface area contributed by atoms with E-state index in [0.717, 1.165) is 24.7 Å². The van der Waals surface area contributed by atoms with Gasteiger partial charge in [-0.05, 0) is 53.4 Å². The zero-order chi connectivity index (χ0) is 35.4. The predicted octanol–water partition coefficient (Wildman–Crippen LogP) is 2.63. The summed E-state index contributed by atoms with van der Waals surface area (Å²) in [5.41, 5.74) is 6.15. The maximum atomic E-state index is 12.5. The molecule has 2 unspecified atom stereocenters. The van der Waals surface area contributed by atoms with Gasteiger partial charge in [0.25, 0.3) is 5.56 Å². The molecule has 2 aromatic rings. The van der Waals surface area contributed by atoms with Gasteiger partial charge in [-0.2, -0.15) is 13.6 Å². The zero-order valence-corrected chi connectivity index (χ0v) is 28.7. The molecule has 3 heterocycles. The highest BCUT2D eigenvalue weighted by molar-refractivity contribution is 7.66. The number of nitrogens with two attached hydrogens (primary N) is 1. The van der Waals surface area contributed by atoms with Gasteiger partial charge < -0.3 is 40.3 Å². The van der Waals surface area contributed by atoms with Crippen LogP contribution in [-0.2, 0) is 37.3 Å². The Morgan fingerprint density at radius 1 is 1.02 bits per heavy atom. The summed E-state index contributed by atoms with van der Waals surface area (Å²) in [6, 6.07) is 0. The molecule has 0 saturated carbocycles. The third-order valence-corrected chi connectivity index (χ3v) is 10.8. The van der Waals surface area contributed by atoms with Crippen LogP contribution in [-0.4, -0.2) is 74.2 Å². The number of phosphoric acid groups is 3. The van der Waals surface area contributed by atoms with Gasteiger partial charge in [-0.3, -0.25) is 18.9 Å². The number of H-pyrrole nitrogens is 1. The van der Waals surface area contributed by atoms with Crippen molar-refractivity contribution in [2.45, 2.75) is 83.8 Å². The zero-order valence-electron chi connectivity index (χ0n) is 26.0. The standard InChI is InChI=1S/C25H40N5O14P3/c1-15(2)7-5-8-16(3)9-6-10-17(4)11-12-25(30-14-27-19-22(30)28-24(26)29-23(19)33)21(32)20(31)18(42-25)13-41-46(37,38)44-47(39,40)43-45(34,35)36/h7,9,11,14,18,20-21,31-32H,5-6,8,10,12-13H2,1-4H3,(H,37,38)(H,39,40)(H2,34,35,36)(H3,26,28,29,33)/t18-,20-,21-,25-/m1/s1. The van der Waals surface area contributed by atoms with Gasteiger partial charge in [-0.1, -0.05) is 34.9 Å². The number of aliphatic hydroxyl groups excluding tert-OH is 2. The van der Waals surface area contributed by atoms with Crippen molar-refractivity contribution in [2.75, 3.05) is 12.3 Å². The molecule has 2 aromatic heterocycles. The Balaban J connectivity index is 1.88. The molecular weight excluding hydrogens is 687 g/mol. The van der Waals surface area contributed by atoms with E-state index in [2.05, 4.69) is 40.2 Å². The monoisotopic (exact) mass is 727 g/mol. The normalized spacial score (nSPS) is 25.1. The number of ether oxygens (including phenoxy) is 1. The van der Waals surface area contributed by atoms with Crippen LogP contribution in [0.2, 0.25) is 0 Å². The lowest BCUT2D eigenvalue weighted by Crippen LogP contribution is -2.45. The summed E-state index contributed by atoms with van der Waals surface area (Å²) in [4.78, 5) is 59.7. The van der Waals surface area contributed by atoms with Crippen LogP contribution in [0.1, 0.15) is 59.8 Å². The second kappa shape index (κ2) is 15.5. The predicted molar refractivity (Wildman–Crippen MR) is 167 cm³/mol. The van der Waals surface area contributed by atoms with Crippen LogP contribution in [0.4, 0.5) is 5.95 Å². The number of hydrogen-bond acceptors (Lipinski definition) is 13. The summed E-state index contributed by atoms with van der Waals surface area (Å²) >= 11 is 0. The summed E-state index contributed by atoms with van der Waals surface area (Å²) in [7, 11) is -17.0. The third-order valence-electron chi connectivity index (χ3n) is 7.04. The highest BCUT2D eigenvalue weighted by atomic mass is 31.3. The Labute approximate surface area is 269 Å². The Morgan fingerprint density at radius 3 is 2.26 bits per heavy atom. The Bertz CT molecular complexity index is 1730. The van der Waals surface area contributed by atoms with Crippen molar-refractivity contribution in [2.24, 2.45) is 0 Å². The molecule has 47 heavy (non-hydrogen) atoms. The fourth-order valence-electron chi connectivity index (χ4n) is 4.80. The van der Waals surface area contributed by atoms with Gasteiger partial charge in [0.05, 0.1) is 12.9 Å². The largest absolute Gasteiger partial charge is 0.490 e. The lowest BCUT2D eigenvalue weighted by molar-refractivity contribution is -0.142. The fraction of sp³-hybridized carbons (Fsp3) is 0.560. The van der Waals surface area contributed by atoms with Gasteiger partial charge in [0.15, 0.2) is 16.9 Å². The Kier molecular flexibility index (Phi) is 12.9. The molecule has 0 amide bonds. The lowest BCUT2D eigenvalue weighted by Gasteiger charge is -2.33. The SMILES string of the molecule is CC(C)=CCCC(C)=CCCC(C)=CC[C@@]1(n2cnc3c(=O)[nH]c(N)nc32)O[C@H](COP(=O)(O)OP(=O)(O)OP(=O)(O)O)[C@@H](O)[C@H]1O. The molecule has 3 rings (SSSR count). The van der Waals surface area contributed by atoms with Crippen LogP contribution in [0, 0.1) is 0 Å². The molecule has 19 nitrogen and oxygen atoms in total. The van der Waals surface area contributed by atoms with E-state index in [9.17, 15) is 38.5 Å². The molecule has 0 radical (unpaired) electrons. The van der Waals surface area contributed by atoms with Crippen LogP contribution in [0.5, 0.6) is 0 Å². The quantitative estimate of drug-likeness (QED) is 0.0910. The highest BCUT2D eigenvalue weighted by Crippen LogP contribution is 2.66. The molecule has 6 atom stereocenters. The maximum Gasteiger partial charge on any atom is 0.490 e. The van der Waals surface area contributed by atoms with Crippen LogP contribution in [0.15, 0.2) is 46.1 Å². The first kappa shape index (κ1) is 39.1. The van der Waals surface area contributed by atoms with Crippen LogP contribution >= 0.6 is 23.5 Å². The molecule has 9 N–H and O–H groups in total. The van der Waals surface area contributed by atoms with E-state index < -0.39 is 59.7 Å². The Morgan fingerprint density at radius 2 is 1.64 bits per heavy atom. The van der Waals surface area contributed by atoms with Gasteiger partial charge in [0.2, 0.25) is 5.95 Å². The number of imidazole rings is 1. The molecular formula is C25H40N5O14P3. The smallest absolute Gasteiger partial charge is 0.387 e. The van der Waals surface area contributed by atoms with Crippen LogP contribution < -0.4 is 11.3 Å². The summed E-state index contributed by atoms with van der Waals surface area (Å²) in [5.74, 6) is -0.282. The van der Waals surface area contributed by atoms with Crippen molar-refractivity contribution in [1.29, 1.82) is 0 Å². The van der Waals surface area contributed by atoms with Gasteiger partial charge in [-0.25, -0.2) is 18.7 Å². The average Bonchev–Trinajstić information content (AvgIpc) is 3.44. The molecule has 0 bridgehead atoms. The molecule has 1 aliphatic rings. The molecule has 0 aliphatic carbocycles. The molecule has 1 fully saturated rings. The van der Waals surface area contributed by atoms with E-state index in [1.54, 1.807) is 6.08 Å².